The van der Waals surface area contributed by atoms with Gasteiger partial charge in [0, 0.05) is 13.1 Å². The normalized spacial score (nSPS) is 16.9. The minimum atomic E-state index is -0.495. The number of ether oxygens (including phenoxy) is 2. The first-order chi connectivity index (χ1) is 9.42. The molecule has 1 aromatic heterocycles. The molecule has 0 radical (unpaired) electrons. The van der Waals surface area contributed by atoms with Gasteiger partial charge in [0.2, 0.25) is 0 Å². The van der Waals surface area contributed by atoms with Crippen molar-refractivity contribution in [3.63, 3.8) is 0 Å². The van der Waals surface area contributed by atoms with Crippen molar-refractivity contribution in [3.05, 3.63) is 11.2 Å². The lowest BCUT2D eigenvalue weighted by Crippen LogP contribution is -2.35. The van der Waals surface area contributed by atoms with Crippen LogP contribution in [0.5, 0.6) is 0 Å². The number of thiazole rings is 1. The van der Waals surface area contributed by atoms with Gasteiger partial charge in [-0.15, -0.1) is 0 Å². The molecule has 2 rings (SSSR count). The maximum Gasteiger partial charge on any atom is 0.412 e. The monoisotopic (exact) mass is 299 g/mol. The summed E-state index contributed by atoms with van der Waals surface area (Å²) in [4.78, 5) is 18.3. The fraction of sp³-hybridized carbons (Fsp3) is 0.692. The number of morpholine rings is 1. The van der Waals surface area contributed by atoms with Gasteiger partial charge in [-0.3, -0.25) is 10.2 Å². The SMILES string of the molecule is CC(C)(C)OC(=O)Nc1cnc(CN2CCOCC2)s1. The van der Waals surface area contributed by atoms with Crippen LogP contribution in [0, 0.1) is 0 Å². The maximum absolute atomic E-state index is 11.6. The summed E-state index contributed by atoms with van der Waals surface area (Å²) in [5, 5.41) is 4.40. The lowest BCUT2D eigenvalue weighted by molar-refractivity contribution is 0.0341. The van der Waals surface area contributed by atoms with E-state index in [0.29, 0.717) is 5.00 Å². The van der Waals surface area contributed by atoms with Crippen LogP contribution in [0.1, 0.15) is 25.8 Å². The molecule has 7 heteroatoms. The summed E-state index contributed by atoms with van der Waals surface area (Å²) in [5.74, 6) is 0. The van der Waals surface area contributed by atoms with Gasteiger partial charge in [0.15, 0.2) is 0 Å². The predicted octanol–water partition coefficient (Wildman–Crippen LogP) is 2.32. The summed E-state index contributed by atoms with van der Waals surface area (Å²) in [7, 11) is 0. The highest BCUT2D eigenvalue weighted by Crippen LogP contribution is 2.21. The Bertz CT molecular complexity index is 450. The van der Waals surface area contributed by atoms with Gasteiger partial charge in [0.25, 0.3) is 0 Å². The zero-order chi connectivity index (χ0) is 14.6. The summed E-state index contributed by atoms with van der Waals surface area (Å²) in [6.45, 7) is 9.70. The summed E-state index contributed by atoms with van der Waals surface area (Å²) in [5.41, 5.74) is -0.495. The van der Waals surface area contributed by atoms with E-state index in [0.717, 1.165) is 37.9 Å². The molecule has 0 aromatic carbocycles. The maximum atomic E-state index is 11.6. The second kappa shape index (κ2) is 6.51. The number of nitrogens with zero attached hydrogens (tertiary/aromatic N) is 2. The van der Waals surface area contributed by atoms with Crippen LogP contribution < -0.4 is 5.32 Å². The Labute approximate surface area is 123 Å². The van der Waals surface area contributed by atoms with Gasteiger partial charge in [0.1, 0.15) is 15.6 Å². The third kappa shape index (κ3) is 5.07. The zero-order valence-electron chi connectivity index (χ0n) is 12.1. The number of hydrogen-bond donors (Lipinski definition) is 1. The number of anilines is 1. The summed E-state index contributed by atoms with van der Waals surface area (Å²) < 4.78 is 10.5. The van der Waals surface area contributed by atoms with Crippen LogP contribution >= 0.6 is 11.3 Å². The highest BCUT2D eigenvalue weighted by molar-refractivity contribution is 7.15. The smallest absolute Gasteiger partial charge is 0.412 e. The van der Waals surface area contributed by atoms with Crippen LogP contribution in [-0.4, -0.2) is 47.9 Å². The molecular weight excluding hydrogens is 278 g/mol. The summed E-state index contributed by atoms with van der Waals surface area (Å²) >= 11 is 1.48. The van der Waals surface area contributed by atoms with Crippen LogP contribution in [0.2, 0.25) is 0 Å². The van der Waals surface area contributed by atoms with Crippen LogP contribution in [0.4, 0.5) is 9.80 Å². The molecule has 0 saturated carbocycles. The van der Waals surface area contributed by atoms with Crippen LogP contribution in [-0.2, 0) is 16.0 Å². The standard InChI is InChI=1S/C13H21N3O3S/c1-13(2,3)19-12(17)15-10-8-14-11(20-10)9-16-4-6-18-7-5-16/h8H,4-7,9H2,1-3H3,(H,15,17). The highest BCUT2D eigenvalue weighted by atomic mass is 32.1. The molecule has 1 amide bonds. The van der Waals surface area contributed by atoms with E-state index in [9.17, 15) is 4.79 Å². The molecule has 0 aliphatic carbocycles. The Morgan fingerprint density at radius 1 is 1.50 bits per heavy atom. The average Bonchev–Trinajstić information content (AvgIpc) is 2.75. The van der Waals surface area contributed by atoms with E-state index in [1.807, 2.05) is 20.8 Å². The lowest BCUT2D eigenvalue weighted by Gasteiger charge is -2.25. The zero-order valence-corrected chi connectivity index (χ0v) is 13.0. The number of aromatic nitrogens is 1. The molecule has 1 fully saturated rings. The van der Waals surface area contributed by atoms with E-state index < -0.39 is 11.7 Å². The summed E-state index contributed by atoms with van der Waals surface area (Å²) in [6, 6.07) is 0. The summed E-state index contributed by atoms with van der Waals surface area (Å²) in [6.07, 6.45) is 1.23. The number of rotatable bonds is 3. The minimum Gasteiger partial charge on any atom is -0.444 e. The van der Waals surface area contributed by atoms with Gasteiger partial charge in [-0.2, -0.15) is 0 Å². The molecule has 1 saturated heterocycles. The molecular formula is C13H21N3O3S. The molecule has 0 unspecified atom stereocenters. The molecule has 2 heterocycles. The number of carbonyl (C=O) groups is 1. The van der Waals surface area contributed by atoms with Gasteiger partial charge in [-0.05, 0) is 20.8 Å². The Kier molecular flexibility index (Phi) is 4.95. The molecule has 0 spiro atoms. The largest absolute Gasteiger partial charge is 0.444 e. The van der Waals surface area contributed by atoms with Crippen LogP contribution in [0.15, 0.2) is 6.20 Å². The van der Waals surface area contributed by atoms with Crippen LogP contribution in [0.25, 0.3) is 0 Å². The molecule has 1 aliphatic rings. The third-order valence-electron chi connectivity index (χ3n) is 2.64. The van der Waals surface area contributed by atoms with Gasteiger partial charge in [-0.25, -0.2) is 9.78 Å². The van der Waals surface area contributed by atoms with Crippen LogP contribution in [0.3, 0.4) is 0 Å². The first-order valence-corrected chi connectivity index (χ1v) is 7.49. The Balaban J connectivity index is 1.84. The van der Waals surface area contributed by atoms with Crippen molar-refractivity contribution >= 4 is 22.4 Å². The molecule has 1 N–H and O–H groups in total. The fourth-order valence-electron chi connectivity index (χ4n) is 1.80. The number of hydrogen-bond acceptors (Lipinski definition) is 6. The fourth-order valence-corrected chi connectivity index (χ4v) is 2.64. The molecule has 6 nitrogen and oxygen atoms in total. The van der Waals surface area contributed by atoms with Crippen molar-refractivity contribution in [1.82, 2.24) is 9.88 Å². The van der Waals surface area contributed by atoms with E-state index in [-0.39, 0.29) is 0 Å². The quantitative estimate of drug-likeness (QED) is 0.928. The molecule has 1 aliphatic heterocycles. The number of carbonyl (C=O) groups excluding carboxylic acids is 1. The molecule has 1 aromatic rings. The van der Waals surface area contributed by atoms with Crippen molar-refractivity contribution in [3.8, 4) is 0 Å². The number of nitrogens with one attached hydrogen (secondary N) is 1. The van der Waals surface area contributed by atoms with Crippen molar-refractivity contribution in [2.24, 2.45) is 0 Å². The van der Waals surface area contributed by atoms with E-state index in [4.69, 9.17) is 9.47 Å². The van der Waals surface area contributed by atoms with Crippen molar-refractivity contribution < 1.29 is 14.3 Å². The Morgan fingerprint density at radius 2 is 2.20 bits per heavy atom. The topological polar surface area (TPSA) is 63.7 Å². The molecule has 0 atom stereocenters. The van der Waals surface area contributed by atoms with Gasteiger partial charge >= 0.3 is 6.09 Å². The average molecular weight is 299 g/mol. The van der Waals surface area contributed by atoms with E-state index in [2.05, 4.69) is 15.2 Å². The molecule has 112 valence electrons. The Hall–Kier alpha value is -1.18. The third-order valence-corrected chi connectivity index (χ3v) is 3.54. The van der Waals surface area contributed by atoms with E-state index in [1.165, 1.54) is 11.3 Å². The van der Waals surface area contributed by atoms with Gasteiger partial charge in [-0.1, -0.05) is 11.3 Å². The Morgan fingerprint density at radius 3 is 2.85 bits per heavy atom. The highest BCUT2D eigenvalue weighted by Gasteiger charge is 2.17. The number of amides is 1. The van der Waals surface area contributed by atoms with E-state index >= 15 is 0 Å². The van der Waals surface area contributed by atoms with E-state index in [1.54, 1.807) is 6.20 Å². The minimum absolute atomic E-state index is 0.445. The van der Waals surface area contributed by atoms with Gasteiger partial charge in [0.05, 0.1) is 26.0 Å². The van der Waals surface area contributed by atoms with Crippen molar-refractivity contribution in [1.29, 1.82) is 0 Å². The predicted molar refractivity (Wildman–Crippen MR) is 78.1 cm³/mol. The first-order valence-electron chi connectivity index (χ1n) is 6.67. The molecule has 20 heavy (non-hydrogen) atoms. The van der Waals surface area contributed by atoms with Crippen molar-refractivity contribution in [2.75, 3.05) is 31.6 Å². The second-order valence-electron chi connectivity index (χ2n) is 5.63. The second-order valence-corrected chi connectivity index (χ2v) is 6.75. The first kappa shape index (κ1) is 15.2. The van der Waals surface area contributed by atoms with Gasteiger partial charge < -0.3 is 9.47 Å². The lowest BCUT2D eigenvalue weighted by atomic mass is 10.2. The van der Waals surface area contributed by atoms with Crippen molar-refractivity contribution in [2.45, 2.75) is 32.9 Å². The molecule has 0 bridgehead atoms.